The summed E-state index contributed by atoms with van der Waals surface area (Å²) in [7, 11) is -1.47. The van der Waals surface area contributed by atoms with E-state index in [4.69, 9.17) is 5.73 Å². The number of carbonyl (C=O) groups is 1. The number of nitrogens with two attached hydrogens (primary N) is 1. The Labute approximate surface area is 134 Å². The van der Waals surface area contributed by atoms with Crippen LogP contribution in [0, 0.1) is 6.92 Å². The van der Waals surface area contributed by atoms with Gasteiger partial charge in [-0.2, -0.15) is 0 Å². The van der Waals surface area contributed by atoms with E-state index in [1.54, 1.807) is 18.2 Å². The molecule has 1 atom stereocenters. The van der Waals surface area contributed by atoms with Gasteiger partial charge in [0.2, 0.25) is 5.91 Å². The van der Waals surface area contributed by atoms with E-state index in [0.29, 0.717) is 16.3 Å². The average molecular weight is 367 g/mol. The Bertz CT molecular complexity index is 704. The lowest BCUT2D eigenvalue weighted by Gasteiger charge is -2.09. The van der Waals surface area contributed by atoms with E-state index in [9.17, 15) is 9.00 Å². The first kappa shape index (κ1) is 15.7. The van der Waals surface area contributed by atoms with Crippen molar-refractivity contribution in [3.8, 4) is 0 Å². The smallest absolute Gasteiger partial charge is 0.237 e. The number of anilines is 2. The van der Waals surface area contributed by atoms with Crippen molar-refractivity contribution in [2.24, 2.45) is 0 Å². The van der Waals surface area contributed by atoms with Crippen LogP contribution in [-0.2, 0) is 15.6 Å². The summed E-state index contributed by atoms with van der Waals surface area (Å²) in [6.07, 6.45) is 0. The van der Waals surface area contributed by atoms with Crippen LogP contribution in [0.15, 0.2) is 51.8 Å². The molecular formula is C15H15BrN2O2S. The lowest BCUT2D eigenvalue weighted by Crippen LogP contribution is -2.20. The maximum absolute atomic E-state index is 12.3. The van der Waals surface area contributed by atoms with Crippen LogP contribution in [0.2, 0.25) is 0 Å². The van der Waals surface area contributed by atoms with Gasteiger partial charge in [0.1, 0.15) is 5.75 Å². The van der Waals surface area contributed by atoms with Crippen molar-refractivity contribution >= 4 is 44.0 Å². The number of hydrogen-bond donors (Lipinski definition) is 2. The number of carbonyl (C=O) groups excluding carboxylic acids is 1. The largest absolute Gasteiger partial charge is 0.398 e. The minimum absolute atomic E-state index is 0.130. The van der Waals surface area contributed by atoms with Crippen molar-refractivity contribution in [1.29, 1.82) is 0 Å². The number of halogens is 1. The van der Waals surface area contributed by atoms with Gasteiger partial charge in [-0.1, -0.05) is 24.3 Å². The van der Waals surface area contributed by atoms with Crippen LogP contribution in [0.4, 0.5) is 11.4 Å². The highest BCUT2D eigenvalue weighted by molar-refractivity contribution is 9.10. The zero-order valence-corrected chi connectivity index (χ0v) is 13.8. The van der Waals surface area contributed by atoms with Crippen LogP contribution in [0.3, 0.4) is 0 Å². The molecule has 0 aliphatic heterocycles. The minimum Gasteiger partial charge on any atom is -0.398 e. The molecule has 1 amide bonds. The van der Waals surface area contributed by atoms with E-state index in [0.717, 1.165) is 10.0 Å². The molecule has 0 saturated carbocycles. The molecule has 0 radical (unpaired) electrons. The number of para-hydroxylation sites is 2. The van der Waals surface area contributed by atoms with Crippen LogP contribution >= 0.6 is 15.9 Å². The highest BCUT2D eigenvalue weighted by Crippen LogP contribution is 2.22. The van der Waals surface area contributed by atoms with Crippen LogP contribution in [0.25, 0.3) is 0 Å². The zero-order valence-electron chi connectivity index (χ0n) is 11.4. The second-order valence-corrected chi connectivity index (χ2v) is 6.78. The predicted octanol–water partition coefficient (Wildman–Crippen LogP) is 3.09. The number of benzene rings is 2. The van der Waals surface area contributed by atoms with Crippen molar-refractivity contribution in [3.63, 3.8) is 0 Å². The van der Waals surface area contributed by atoms with Gasteiger partial charge >= 0.3 is 0 Å². The fourth-order valence-corrected chi connectivity index (χ4v) is 3.28. The third kappa shape index (κ3) is 3.92. The SMILES string of the molecule is Cc1cccc(S(=O)CC(=O)Nc2ccccc2Br)c1N. The summed E-state index contributed by atoms with van der Waals surface area (Å²) < 4.78 is 13.0. The molecule has 0 bridgehead atoms. The number of amides is 1. The molecule has 6 heteroatoms. The van der Waals surface area contributed by atoms with Crippen LogP contribution < -0.4 is 11.1 Å². The molecular weight excluding hydrogens is 352 g/mol. The van der Waals surface area contributed by atoms with Gasteiger partial charge in [-0.05, 0) is 46.6 Å². The van der Waals surface area contributed by atoms with Gasteiger partial charge < -0.3 is 11.1 Å². The summed E-state index contributed by atoms with van der Waals surface area (Å²) in [6, 6.07) is 12.6. The van der Waals surface area contributed by atoms with E-state index in [1.807, 2.05) is 31.2 Å². The summed E-state index contributed by atoms with van der Waals surface area (Å²) in [4.78, 5) is 12.5. The predicted molar refractivity (Wildman–Crippen MR) is 89.6 cm³/mol. The van der Waals surface area contributed by atoms with Gasteiger partial charge in [0.25, 0.3) is 0 Å². The molecule has 4 nitrogen and oxygen atoms in total. The first-order chi connectivity index (χ1) is 9.99. The lowest BCUT2D eigenvalue weighted by atomic mass is 10.2. The van der Waals surface area contributed by atoms with Gasteiger partial charge in [0.05, 0.1) is 27.1 Å². The molecule has 0 aliphatic carbocycles. The van der Waals surface area contributed by atoms with Crippen LogP contribution in [0.1, 0.15) is 5.56 Å². The van der Waals surface area contributed by atoms with E-state index < -0.39 is 10.8 Å². The van der Waals surface area contributed by atoms with Crippen LogP contribution in [0.5, 0.6) is 0 Å². The van der Waals surface area contributed by atoms with Crippen molar-refractivity contribution in [2.75, 3.05) is 16.8 Å². The summed E-state index contributed by atoms with van der Waals surface area (Å²) in [5.74, 6) is -0.448. The van der Waals surface area contributed by atoms with E-state index in [1.165, 1.54) is 0 Å². The third-order valence-electron chi connectivity index (χ3n) is 2.94. The maximum atomic E-state index is 12.3. The Morgan fingerprint density at radius 1 is 1.24 bits per heavy atom. The van der Waals surface area contributed by atoms with Gasteiger partial charge in [0, 0.05) is 4.47 Å². The van der Waals surface area contributed by atoms with Gasteiger partial charge in [-0.15, -0.1) is 0 Å². The first-order valence-electron chi connectivity index (χ1n) is 6.27. The minimum atomic E-state index is -1.47. The third-order valence-corrected chi connectivity index (χ3v) is 5.00. The van der Waals surface area contributed by atoms with Crippen molar-refractivity contribution in [1.82, 2.24) is 0 Å². The second-order valence-electron chi connectivity index (χ2n) is 4.50. The van der Waals surface area contributed by atoms with Crippen molar-refractivity contribution < 1.29 is 9.00 Å². The molecule has 0 aromatic heterocycles. The Balaban J connectivity index is 2.08. The Morgan fingerprint density at radius 3 is 2.67 bits per heavy atom. The number of nitrogens with one attached hydrogen (secondary N) is 1. The van der Waals surface area contributed by atoms with E-state index >= 15 is 0 Å². The first-order valence-corrected chi connectivity index (χ1v) is 8.38. The quantitative estimate of drug-likeness (QED) is 0.816. The normalized spacial score (nSPS) is 11.9. The molecule has 0 saturated heterocycles. The number of rotatable bonds is 4. The number of hydrogen-bond acceptors (Lipinski definition) is 3. The van der Waals surface area contributed by atoms with E-state index in [-0.39, 0.29) is 11.7 Å². The average Bonchev–Trinajstić information content (AvgIpc) is 2.44. The Morgan fingerprint density at radius 2 is 1.95 bits per heavy atom. The fourth-order valence-electron chi connectivity index (χ4n) is 1.80. The molecule has 2 aromatic carbocycles. The Hall–Kier alpha value is -1.66. The number of aryl methyl sites for hydroxylation is 1. The second kappa shape index (κ2) is 6.87. The van der Waals surface area contributed by atoms with Crippen LogP contribution in [-0.4, -0.2) is 15.9 Å². The lowest BCUT2D eigenvalue weighted by molar-refractivity contribution is -0.113. The fraction of sp³-hybridized carbons (Fsp3) is 0.133. The molecule has 3 N–H and O–H groups in total. The topological polar surface area (TPSA) is 72.2 Å². The molecule has 21 heavy (non-hydrogen) atoms. The monoisotopic (exact) mass is 366 g/mol. The standard InChI is InChI=1S/C15H15BrN2O2S/c1-10-5-4-8-13(15(10)17)21(20)9-14(19)18-12-7-3-2-6-11(12)16/h2-8H,9,17H2,1H3,(H,18,19). The Kier molecular flexibility index (Phi) is 5.14. The maximum Gasteiger partial charge on any atom is 0.237 e. The summed E-state index contributed by atoms with van der Waals surface area (Å²) in [6.45, 7) is 1.84. The molecule has 0 spiro atoms. The van der Waals surface area contributed by atoms with Gasteiger partial charge in [-0.3, -0.25) is 9.00 Å². The highest BCUT2D eigenvalue weighted by Gasteiger charge is 2.14. The molecule has 0 fully saturated rings. The molecule has 0 heterocycles. The highest BCUT2D eigenvalue weighted by atomic mass is 79.9. The van der Waals surface area contributed by atoms with E-state index in [2.05, 4.69) is 21.2 Å². The van der Waals surface area contributed by atoms with Gasteiger partial charge in [-0.25, -0.2) is 0 Å². The van der Waals surface area contributed by atoms with Crippen molar-refractivity contribution in [3.05, 3.63) is 52.5 Å². The summed E-state index contributed by atoms with van der Waals surface area (Å²) in [5, 5.41) is 2.73. The summed E-state index contributed by atoms with van der Waals surface area (Å²) in [5.41, 5.74) is 7.88. The molecule has 0 aliphatic rings. The number of nitrogen functional groups attached to an aromatic ring is 1. The molecule has 2 aromatic rings. The zero-order chi connectivity index (χ0) is 15.4. The molecule has 2 rings (SSSR count). The van der Waals surface area contributed by atoms with Crippen molar-refractivity contribution in [2.45, 2.75) is 11.8 Å². The van der Waals surface area contributed by atoms with Gasteiger partial charge in [0.15, 0.2) is 0 Å². The molecule has 110 valence electrons. The molecule has 1 unspecified atom stereocenters. The summed E-state index contributed by atoms with van der Waals surface area (Å²) >= 11 is 3.35.